The van der Waals surface area contributed by atoms with Crippen molar-refractivity contribution in [2.75, 3.05) is 39.7 Å². The number of carbonyl (C=O) groups is 2. The van der Waals surface area contributed by atoms with Gasteiger partial charge >= 0.3 is 11.9 Å². The van der Waals surface area contributed by atoms with Gasteiger partial charge in [0.2, 0.25) is 0 Å². The lowest BCUT2D eigenvalue weighted by molar-refractivity contribution is -0.146. The number of benzene rings is 3. The lowest BCUT2D eigenvalue weighted by Gasteiger charge is -2.22. The van der Waals surface area contributed by atoms with E-state index in [4.69, 9.17) is 58.1 Å². The minimum Gasteiger partial charge on any atom is -0.492 e. The average Bonchev–Trinajstić information content (AvgIpc) is 3.67. The number of aliphatic hydroxyl groups is 1. The lowest BCUT2D eigenvalue weighted by atomic mass is 9.96. The van der Waals surface area contributed by atoms with E-state index in [0.717, 1.165) is 70.6 Å². The van der Waals surface area contributed by atoms with Crippen molar-refractivity contribution in [2.45, 2.75) is 63.8 Å². The molecule has 14 heteroatoms. The van der Waals surface area contributed by atoms with Crippen LogP contribution in [0, 0.1) is 12.8 Å². The SMILES string of the molecule is CC(CO)C(=O)O.COC(=O)C1CCCN1CCCOc1cccc(-c2cccc(COc3cc(OCc4cncc(SC)c4)c(CN)cc3Cl)c2C)c1Cl. The summed E-state index contributed by atoms with van der Waals surface area (Å²) in [5.41, 5.74) is 11.6. The van der Waals surface area contributed by atoms with E-state index in [1.807, 2.05) is 48.9 Å². The number of ether oxygens (including phenoxy) is 4. The Morgan fingerprint density at radius 3 is 2.44 bits per heavy atom. The average molecular weight is 815 g/mol. The second kappa shape index (κ2) is 21.9. The van der Waals surface area contributed by atoms with Crippen LogP contribution < -0.4 is 19.9 Å². The fourth-order valence-corrected chi connectivity index (χ4v) is 6.90. The van der Waals surface area contributed by atoms with Crippen LogP contribution in [0.2, 0.25) is 10.0 Å². The molecule has 0 aliphatic carbocycles. The molecule has 4 aromatic rings. The Morgan fingerprint density at radius 1 is 1.00 bits per heavy atom. The zero-order valence-corrected chi connectivity index (χ0v) is 33.9. The van der Waals surface area contributed by atoms with Gasteiger partial charge in [-0.25, -0.2) is 0 Å². The van der Waals surface area contributed by atoms with Gasteiger partial charge in [-0.05, 0) is 80.8 Å². The van der Waals surface area contributed by atoms with Crippen molar-refractivity contribution in [1.29, 1.82) is 0 Å². The van der Waals surface area contributed by atoms with Crippen LogP contribution >= 0.6 is 35.0 Å². The summed E-state index contributed by atoms with van der Waals surface area (Å²) in [5.74, 6) is -0.00630. The topological polar surface area (TPSA) is 154 Å². The molecule has 11 nitrogen and oxygen atoms in total. The summed E-state index contributed by atoms with van der Waals surface area (Å²) in [6.07, 6.45) is 8.22. The van der Waals surface area contributed by atoms with E-state index >= 15 is 0 Å². The van der Waals surface area contributed by atoms with Gasteiger partial charge in [0.05, 0.1) is 36.3 Å². The van der Waals surface area contributed by atoms with Crippen LogP contribution in [0.15, 0.2) is 71.9 Å². The molecule has 3 aromatic carbocycles. The third kappa shape index (κ3) is 12.2. The number of nitrogens with zero attached hydrogens (tertiary/aromatic N) is 2. The van der Waals surface area contributed by atoms with Gasteiger partial charge < -0.3 is 34.9 Å². The molecule has 2 atom stereocenters. The Bertz CT molecular complexity index is 1900. The fraction of sp³-hybridized carbons (Fsp3) is 0.390. The minimum absolute atomic E-state index is 0.163. The van der Waals surface area contributed by atoms with Crippen molar-refractivity contribution in [3.8, 4) is 28.4 Å². The summed E-state index contributed by atoms with van der Waals surface area (Å²) in [6.45, 7) is 6.25. The zero-order chi connectivity index (χ0) is 39.9. The monoisotopic (exact) mass is 813 g/mol. The second-order valence-corrected chi connectivity index (χ2v) is 14.6. The summed E-state index contributed by atoms with van der Waals surface area (Å²) < 4.78 is 23.5. The smallest absolute Gasteiger partial charge is 0.323 e. The number of methoxy groups -OCH3 is 1. The zero-order valence-electron chi connectivity index (χ0n) is 31.6. The molecule has 5 rings (SSSR count). The predicted molar refractivity (Wildman–Crippen MR) is 216 cm³/mol. The van der Waals surface area contributed by atoms with Crippen molar-refractivity contribution in [3.05, 3.63) is 99.3 Å². The van der Waals surface area contributed by atoms with Gasteiger partial charge in [0.25, 0.3) is 0 Å². The van der Waals surface area contributed by atoms with E-state index in [-0.39, 0.29) is 31.8 Å². The lowest BCUT2D eigenvalue weighted by Crippen LogP contribution is -2.37. The Morgan fingerprint density at radius 2 is 1.75 bits per heavy atom. The number of aliphatic hydroxyl groups excluding tert-OH is 1. The molecule has 1 fully saturated rings. The highest BCUT2D eigenvalue weighted by Gasteiger charge is 2.30. The molecule has 1 aromatic heterocycles. The van der Waals surface area contributed by atoms with Crippen LogP contribution in [-0.2, 0) is 34.1 Å². The first-order valence-corrected chi connectivity index (χ1v) is 19.9. The Balaban J connectivity index is 0.000000876. The second-order valence-electron chi connectivity index (χ2n) is 13.0. The first-order valence-electron chi connectivity index (χ1n) is 17.9. The molecule has 0 bridgehead atoms. The first-order chi connectivity index (χ1) is 26.5. The number of carbonyl (C=O) groups excluding carboxylic acids is 1. The number of halogens is 2. The van der Waals surface area contributed by atoms with E-state index in [9.17, 15) is 9.59 Å². The van der Waals surface area contributed by atoms with Crippen LogP contribution in [0.5, 0.6) is 17.2 Å². The van der Waals surface area contributed by atoms with Gasteiger partial charge in [-0.1, -0.05) is 53.5 Å². The number of nitrogens with two attached hydrogens (primary N) is 1. The highest BCUT2D eigenvalue weighted by Crippen LogP contribution is 2.39. The molecule has 1 saturated heterocycles. The number of aliphatic carboxylic acids is 1. The molecule has 1 aliphatic heterocycles. The Hall–Kier alpha value is -4.04. The summed E-state index contributed by atoms with van der Waals surface area (Å²) in [4.78, 5) is 29.4. The maximum atomic E-state index is 12.1. The minimum atomic E-state index is -0.956. The standard InChI is InChI=1S/C37H41Cl2N3O5S.C4H8O3/c1-24-26(23-47-35-18-34(27(19-40)17-31(35)38)46-22-25-16-28(48-3)21-41-20-25)8-4-9-29(24)30-10-5-12-33(36(30)39)45-15-7-14-42-13-6-11-32(42)37(43)44-2;1-3(2-5)4(6)7/h4-5,8-10,12,16-18,20-21,32H,6-7,11,13-15,19,22-23,40H2,1-3H3;3,5H,2H2,1H3,(H,6,7). The normalized spacial score (nSPS) is 14.4. The van der Waals surface area contributed by atoms with E-state index in [1.54, 1.807) is 30.1 Å². The van der Waals surface area contributed by atoms with E-state index in [1.165, 1.54) is 14.0 Å². The third-order valence-electron chi connectivity index (χ3n) is 9.20. The van der Waals surface area contributed by atoms with Gasteiger partial charge in [-0.2, -0.15) is 0 Å². The molecule has 0 saturated carbocycles. The van der Waals surface area contributed by atoms with Crippen LogP contribution in [0.4, 0.5) is 0 Å². The maximum Gasteiger partial charge on any atom is 0.323 e. The van der Waals surface area contributed by atoms with Crippen molar-refractivity contribution >= 4 is 46.9 Å². The molecule has 0 spiro atoms. The summed E-state index contributed by atoms with van der Waals surface area (Å²) >= 11 is 15.2. The highest BCUT2D eigenvalue weighted by atomic mass is 35.5. The molecule has 0 amide bonds. The molecule has 55 heavy (non-hydrogen) atoms. The van der Waals surface area contributed by atoms with Crippen LogP contribution in [0.3, 0.4) is 0 Å². The Kier molecular flexibility index (Phi) is 17.4. The van der Waals surface area contributed by atoms with Gasteiger partial charge in [-0.3, -0.25) is 19.5 Å². The summed E-state index contributed by atoms with van der Waals surface area (Å²) in [5, 5.41) is 17.2. The fourth-order valence-electron chi connectivity index (χ4n) is 5.94. The van der Waals surface area contributed by atoms with E-state index < -0.39 is 11.9 Å². The maximum absolute atomic E-state index is 12.1. The molecule has 296 valence electrons. The van der Waals surface area contributed by atoms with Gasteiger partial charge in [0.15, 0.2) is 0 Å². The molecule has 0 radical (unpaired) electrons. The number of likely N-dealkylation sites (tertiary alicyclic amines) is 1. The van der Waals surface area contributed by atoms with Crippen LogP contribution in [0.1, 0.15) is 48.4 Å². The summed E-state index contributed by atoms with van der Waals surface area (Å²) in [6, 6.07) is 17.3. The molecular weight excluding hydrogens is 765 g/mol. The Labute approximate surface area is 337 Å². The number of carboxylic acid groups (broad SMARTS) is 1. The summed E-state index contributed by atoms with van der Waals surface area (Å²) in [7, 11) is 1.44. The van der Waals surface area contributed by atoms with E-state index in [0.29, 0.717) is 40.5 Å². The molecule has 1 aliphatic rings. The molecule has 2 heterocycles. The number of hydrogen-bond donors (Lipinski definition) is 3. The number of rotatable bonds is 17. The quantitative estimate of drug-likeness (QED) is 0.0542. The predicted octanol–water partition coefficient (Wildman–Crippen LogP) is 7.81. The highest BCUT2D eigenvalue weighted by molar-refractivity contribution is 7.98. The van der Waals surface area contributed by atoms with E-state index in [2.05, 4.69) is 22.9 Å². The third-order valence-corrected chi connectivity index (χ3v) is 10.6. The first kappa shape index (κ1) is 43.7. The van der Waals surface area contributed by atoms with Crippen molar-refractivity contribution in [1.82, 2.24) is 9.88 Å². The number of carboxylic acids is 1. The number of hydrogen-bond acceptors (Lipinski definition) is 11. The molecule has 2 unspecified atom stereocenters. The van der Waals surface area contributed by atoms with Crippen molar-refractivity contribution in [3.63, 3.8) is 0 Å². The van der Waals surface area contributed by atoms with Crippen LogP contribution in [-0.4, -0.2) is 77.7 Å². The van der Waals surface area contributed by atoms with Crippen LogP contribution in [0.25, 0.3) is 11.1 Å². The number of aromatic nitrogens is 1. The number of pyridine rings is 1. The molecule has 4 N–H and O–H groups in total. The number of thioether (sulfide) groups is 1. The van der Waals surface area contributed by atoms with Gasteiger partial charge in [0.1, 0.15) is 36.5 Å². The van der Waals surface area contributed by atoms with Gasteiger partial charge in [-0.15, -0.1) is 11.8 Å². The largest absolute Gasteiger partial charge is 0.492 e. The van der Waals surface area contributed by atoms with Crippen molar-refractivity contribution in [2.24, 2.45) is 11.7 Å². The van der Waals surface area contributed by atoms with Gasteiger partial charge in [0, 0.05) is 53.1 Å². The number of esters is 1. The van der Waals surface area contributed by atoms with Crippen molar-refractivity contribution < 1.29 is 38.7 Å². The molecular formula is C41H49Cl2N3O8S.